The van der Waals surface area contributed by atoms with Crippen molar-refractivity contribution in [2.75, 3.05) is 17.2 Å². The summed E-state index contributed by atoms with van der Waals surface area (Å²) < 4.78 is 5.35. The number of hydrogen-bond donors (Lipinski definition) is 3. The fourth-order valence-corrected chi connectivity index (χ4v) is 2.30. The molecule has 0 unspecified atom stereocenters. The largest absolute Gasteiger partial charge is 0.494 e. The number of ether oxygens (including phenoxy) is 1. The van der Waals surface area contributed by atoms with Crippen LogP contribution >= 0.6 is 12.2 Å². The second-order valence-corrected chi connectivity index (χ2v) is 5.75. The van der Waals surface area contributed by atoms with E-state index in [4.69, 9.17) is 17.0 Å². The highest BCUT2D eigenvalue weighted by Crippen LogP contribution is 2.14. The van der Waals surface area contributed by atoms with Crippen molar-refractivity contribution < 1.29 is 14.3 Å². The third-order valence-electron chi connectivity index (χ3n) is 3.40. The average Bonchev–Trinajstić information content (AvgIpc) is 2.64. The number of rotatable bonds is 6. The fraction of sp³-hybridized carbons (Fsp3) is 0.211. The lowest BCUT2D eigenvalue weighted by Gasteiger charge is -2.11. The van der Waals surface area contributed by atoms with Gasteiger partial charge >= 0.3 is 0 Å². The molecular formula is C19H21N3O3S. The zero-order valence-electron chi connectivity index (χ0n) is 14.7. The Morgan fingerprint density at radius 1 is 0.923 bits per heavy atom. The van der Waals surface area contributed by atoms with Crippen molar-refractivity contribution >= 4 is 40.5 Å². The molecule has 0 radical (unpaired) electrons. The van der Waals surface area contributed by atoms with E-state index in [1.54, 1.807) is 55.5 Å². The molecule has 0 fully saturated rings. The Labute approximate surface area is 157 Å². The van der Waals surface area contributed by atoms with Crippen molar-refractivity contribution in [1.82, 2.24) is 5.32 Å². The number of anilines is 2. The molecule has 26 heavy (non-hydrogen) atoms. The van der Waals surface area contributed by atoms with Crippen LogP contribution in [-0.4, -0.2) is 23.5 Å². The Balaban J connectivity index is 1.89. The highest BCUT2D eigenvalue weighted by molar-refractivity contribution is 7.80. The molecule has 0 aliphatic carbocycles. The van der Waals surface area contributed by atoms with Gasteiger partial charge in [-0.3, -0.25) is 14.9 Å². The van der Waals surface area contributed by atoms with Gasteiger partial charge in [0.15, 0.2) is 5.11 Å². The molecule has 2 rings (SSSR count). The highest BCUT2D eigenvalue weighted by atomic mass is 32.1. The van der Waals surface area contributed by atoms with E-state index >= 15 is 0 Å². The molecule has 2 aromatic rings. The lowest BCUT2D eigenvalue weighted by atomic mass is 10.2. The van der Waals surface area contributed by atoms with Gasteiger partial charge in [-0.25, -0.2) is 0 Å². The van der Waals surface area contributed by atoms with Crippen LogP contribution in [0.15, 0.2) is 48.5 Å². The summed E-state index contributed by atoms with van der Waals surface area (Å²) in [7, 11) is 0. The first-order chi connectivity index (χ1) is 12.5. The summed E-state index contributed by atoms with van der Waals surface area (Å²) in [6.07, 6.45) is 0.418. The normalized spacial score (nSPS) is 9.92. The number of carbonyl (C=O) groups excluding carboxylic acids is 2. The lowest BCUT2D eigenvalue weighted by molar-refractivity contribution is -0.115. The molecule has 0 saturated carbocycles. The molecule has 6 nitrogen and oxygen atoms in total. The first-order valence-corrected chi connectivity index (χ1v) is 8.67. The van der Waals surface area contributed by atoms with E-state index in [1.165, 1.54) is 0 Å². The lowest BCUT2D eigenvalue weighted by Crippen LogP contribution is -2.34. The number of amides is 2. The summed E-state index contributed by atoms with van der Waals surface area (Å²) in [6, 6.07) is 13.9. The zero-order valence-corrected chi connectivity index (χ0v) is 15.5. The molecule has 0 aliphatic rings. The van der Waals surface area contributed by atoms with Gasteiger partial charge in [0.2, 0.25) is 5.91 Å². The van der Waals surface area contributed by atoms with E-state index < -0.39 is 0 Å². The SMILES string of the molecule is CCOc1ccc(C(=O)NC(=S)Nc2ccc(NC(=O)CC)cc2)cc1. The van der Waals surface area contributed by atoms with Gasteiger partial charge < -0.3 is 15.4 Å². The third kappa shape index (κ3) is 5.86. The van der Waals surface area contributed by atoms with E-state index in [0.29, 0.717) is 35.7 Å². The van der Waals surface area contributed by atoms with Crippen LogP contribution in [0.25, 0.3) is 0 Å². The number of hydrogen-bond acceptors (Lipinski definition) is 4. The molecule has 2 amide bonds. The molecule has 0 atom stereocenters. The Kier molecular flexibility index (Phi) is 7.11. The van der Waals surface area contributed by atoms with Crippen LogP contribution in [0.5, 0.6) is 5.75 Å². The molecule has 0 aliphatic heterocycles. The van der Waals surface area contributed by atoms with Gasteiger partial charge in [0.05, 0.1) is 6.61 Å². The molecule has 0 bridgehead atoms. The number of benzene rings is 2. The molecule has 2 aromatic carbocycles. The van der Waals surface area contributed by atoms with Crippen LogP contribution in [0.2, 0.25) is 0 Å². The first-order valence-electron chi connectivity index (χ1n) is 8.27. The van der Waals surface area contributed by atoms with Gasteiger partial charge in [-0.1, -0.05) is 6.92 Å². The maximum absolute atomic E-state index is 12.2. The topological polar surface area (TPSA) is 79.5 Å². The van der Waals surface area contributed by atoms with E-state index in [-0.39, 0.29) is 16.9 Å². The first kappa shape index (κ1) is 19.4. The summed E-state index contributed by atoms with van der Waals surface area (Å²) >= 11 is 5.16. The van der Waals surface area contributed by atoms with Gasteiger partial charge in [-0.05, 0) is 67.7 Å². The minimum Gasteiger partial charge on any atom is -0.494 e. The maximum atomic E-state index is 12.2. The Morgan fingerprint density at radius 3 is 2.04 bits per heavy atom. The van der Waals surface area contributed by atoms with Crippen molar-refractivity contribution in [3.8, 4) is 5.75 Å². The molecule has 0 aromatic heterocycles. The Morgan fingerprint density at radius 2 is 1.50 bits per heavy atom. The summed E-state index contributed by atoms with van der Waals surface area (Å²) in [4.78, 5) is 23.6. The van der Waals surface area contributed by atoms with Gasteiger partial charge in [0, 0.05) is 23.4 Å². The molecular weight excluding hydrogens is 350 g/mol. The molecule has 136 valence electrons. The van der Waals surface area contributed by atoms with E-state index in [0.717, 1.165) is 0 Å². The summed E-state index contributed by atoms with van der Waals surface area (Å²) in [5.41, 5.74) is 1.89. The summed E-state index contributed by atoms with van der Waals surface area (Å²) in [5.74, 6) is 0.348. The molecule has 3 N–H and O–H groups in total. The van der Waals surface area contributed by atoms with Crippen molar-refractivity contribution in [2.24, 2.45) is 0 Å². The van der Waals surface area contributed by atoms with Crippen molar-refractivity contribution in [3.63, 3.8) is 0 Å². The van der Waals surface area contributed by atoms with Crippen LogP contribution in [0, 0.1) is 0 Å². The van der Waals surface area contributed by atoms with Crippen LogP contribution in [0.4, 0.5) is 11.4 Å². The minimum atomic E-state index is -0.308. The van der Waals surface area contributed by atoms with Gasteiger partial charge in [-0.2, -0.15) is 0 Å². The van der Waals surface area contributed by atoms with E-state index in [2.05, 4.69) is 16.0 Å². The minimum absolute atomic E-state index is 0.0520. The van der Waals surface area contributed by atoms with Crippen LogP contribution in [0.3, 0.4) is 0 Å². The smallest absolute Gasteiger partial charge is 0.257 e. The van der Waals surface area contributed by atoms with Crippen molar-refractivity contribution in [1.29, 1.82) is 0 Å². The van der Waals surface area contributed by atoms with Gasteiger partial charge in [0.25, 0.3) is 5.91 Å². The summed E-state index contributed by atoms with van der Waals surface area (Å²) in [6.45, 7) is 4.26. The van der Waals surface area contributed by atoms with Crippen LogP contribution in [0.1, 0.15) is 30.6 Å². The standard InChI is InChI=1S/C19H21N3O3S/c1-3-17(23)20-14-7-9-15(10-8-14)21-19(26)22-18(24)13-5-11-16(12-6-13)25-4-2/h5-12H,3-4H2,1-2H3,(H,20,23)(H2,21,22,24,26). The second kappa shape index (κ2) is 9.53. The van der Waals surface area contributed by atoms with Crippen molar-refractivity contribution in [2.45, 2.75) is 20.3 Å². The highest BCUT2D eigenvalue weighted by Gasteiger charge is 2.08. The van der Waals surface area contributed by atoms with Gasteiger partial charge in [-0.15, -0.1) is 0 Å². The molecule has 7 heteroatoms. The number of carbonyl (C=O) groups is 2. The monoisotopic (exact) mass is 371 g/mol. The molecule has 0 spiro atoms. The second-order valence-electron chi connectivity index (χ2n) is 5.34. The maximum Gasteiger partial charge on any atom is 0.257 e. The fourth-order valence-electron chi connectivity index (χ4n) is 2.09. The van der Waals surface area contributed by atoms with Crippen LogP contribution in [-0.2, 0) is 4.79 Å². The van der Waals surface area contributed by atoms with E-state index in [9.17, 15) is 9.59 Å². The Bertz CT molecular complexity index is 774. The molecule has 0 heterocycles. The number of nitrogens with one attached hydrogen (secondary N) is 3. The predicted molar refractivity (Wildman–Crippen MR) is 107 cm³/mol. The van der Waals surface area contributed by atoms with E-state index in [1.807, 2.05) is 6.92 Å². The quantitative estimate of drug-likeness (QED) is 0.677. The zero-order chi connectivity index (χ0) is 18.9. The predicted octanol–water partition coefficient (Wildman–Crippen LogP) is 3.56. The molecule has 0 saturated heterocycles. The van der Waals surface area contributed by atoms with Gasteiger partial charge in [0.1, 0.15) is 5.75 Å². The average molecular weight is 371 g/mol. The number of thiocarbonyl (C=S) groups is 1. The third-order valence-corrected chi connectivity index (χ3v) is 3.61. The summed E-state index contributed by atoms with van der Waals surface area (Å²) in [5, 5.41) is 8.50. The Hall–Kier alpha value is -2.93. The van der Waals surface area contributed by atoms with Crippen molar-refractivity contribution in [3.05, 3.63) is 54.1 Å². The van der Waals surface area contributed by atoms with Crippen LogP contribution < -0.4 is 20.7 Å².